The lowest BCUT2D eigenvalue weighted by Gasteiger charge is -2.04. The fourth-order valence-corrected chi connectivity index (χ4v) is 4.07. The third-order valence-corrected chi connectivity index (χ3v) is 6.52. The summed E-state index contributed by atoms with van der Waals surface area (Å²) in [5, 5.41) is 0. The number of imidazole rings is 1. The van der Waals surface area contributed by atoms with Gasteiger partial charge in [-0.15, -0.1) is 0 Å². The van der Waals surface area contributed by atoms with Gasteiger partial charge in [0.25, 0.3) is 0 Å². The van der Waals surface area contributed by atoms with Crippen molar-refractivity contribution in [3.8, 4) is 0 Å². The molecule has 7 heteroatoms. The van der Waals surface area contributed by atoms with Gasteiger partial charge in [0.15, 0.2) is 0 Å². The molecular weight excluding hydrogens is 436 g/mol. The van der Waals surface area contributed by atoms with Gasteiger partial charge in [0.1, 0.15) is 5.82 Å². The third kappa shape index (κ3) is 14.4. The van der Waals surface area contributed by atoms with Crippen molar-refractivity contribution in [2.24, 2.45) is 7.05 Å². The molecule has 0 aliphatic carbocycles. The summed E-state index contributed by atoms with van der Waals surface area (Å²) in [6.07, 6.45) is 22.4. The molecular formula is C26H46N2O4S. The van der Waals surface area contributed by atoms with Crippen molar-refractivity contribution >= 4 is 21.4 Å². The highest BCUT2D eigenvalue weighted by Gasteiger charge is 2.06. The molecule has 1 N–H and O–H groups in total. The second-order valence-electron chi connectivity index (χ2n) is 8.87. The first-order chi connectivity index (χ1) is 15.9. The van der Waals surface area contributed by atoms with E-state index in [1.54, 1.807) is 0 Å². The van der Waals surface area contributed by atoms with Gasteiger partial charge in [-0.3, -0.25) is 8.74 Å². The van der Waals surface area contributed by atoms with Crippen LogP contribution in [0.4, 0.5) is 0 Å². The van der Waals surface area contributed by atoms with Crippen molar-refractivity contribution in [2.45, 2.75) is 110 Å². The molecule has 0 saturated carbocycles. The van der Waals surface area contributed by atoms with Gasteiger partial charge in [-0.25, -0.2) is 4.98 Å². The topological polar surface area (TPSA) is 81.4 Å². The maximum Gasteiger partial charge on any atom is 0.397 e. The molecule has 6 nitrogen and oxygen atoms in total. The van der Waals surface area contributed by atoms with Gasteiger partial charge in [-0.2, -0.15) is 8.42 Å². The fraction of sp³-hybridized carbons (Fsp3) is 0.731. The van der Waals surface area contributed by atoms with E-state index in [-0.39, 0.29) is 0 Å². The van der Waals surface area contributed by atoms with Crippen molar-refractivity contribution < 1.29 is 17.2 Å². The number of unbranched alkanes of at least 4 members (excludes halogenated alkanes) is 14. The molecule has 0 aliphatic heterocycles. The SMILES string of the molecule is CCCCCCCCCCCCCCCCCc1nc2ccccc2n1C.COS(=O)(=O)O. The fourth-order valence-electron chi connectivity index (χ4n) is 4.07. The van der Waals surface area contributed by atoms with E-state index in [2.05, 4.69) is 47.0 Å². The first-order valence-electron chi connectivity index (χ1n) is 12.8. The molecule has 0 bridgehead atoms. The minimum absolute atomic E-state index is 0.870. The van der Waals surface area contributed by atoms with Crippen LogP contribution in [0.15, 0.2) is 24.3 Å². The molecule has 0 fully saturated rings. The van der Waals surface area contributed by atoms with E-state index < -0.39 is 10.4 Å². The number of benzene rings is 1. The zero-order valence-corrected chi connectivity index (χ0v) is 21.9. The van der Waals surface area contributed by atoms with Gasteiger partial charge in [-0.05, 0) is 18.6 Å². The number of aryl methyl sites for hydroxylation is 2. The summed E-state index contributed by atoms with van der Waals surface area (Å²) in [6.45, 7) is 2.29. The predicted molar refractivity (Wildman–Crippen MR) is 138 cm³/mol. The highest BCUT2D eigenvalue weighted by Crippen LogP contribution is 2.17. The Morgan fingerprint density at radius 2 is 1.24 bits per heavy atom. The van der Waals surface area contributed by atoms with Gasteiger partial charge in [0, 0.05) is 13.5 Å². The van der Waals surface area contributed by atoms with Crippen molar-refractivity contribution in [1.29, 1.82) is 0 Å². The molecule has 1 aromatic heterocycles. The summed E-state index contributed by atoms with van der Waals surface area (Å²) in [7, 11) is -1.14. The smallest absolute Gasteiger partial charge is 0.331 e. The first kappa shape index (κ1) is 29.6. The molecule has 0 unspecified atom stereocenters. The normalized spacial score (nSPS) is 11.5. The largest absolute Gasteiger partial charge is 0.397 e. The van der Waals surface area contributed by atoms with Gasteiger partial charge < -0.3 is 4.57 Å². The van der Waals surface area contributed by atoms with E-state index in [1.165, 1.54) is 108 Å². The van der Waals surface area contributed by atoms with Gasteiger partial charge in [-0.1, -0.05) is 109 Å². The second kappa shape index (κ2) is 18.0. The van der Waals surface area contributed by atoms with Gasteiger partial charge in [0.2, 0.25) is 0 Å². The Bertz CT molecular complexity index is 849. The summed E-state index contributed by atoms with van der Waals surface area (Å²) in [5.41, 5.74) is 2.39. The number of para-hydroxylation sites is 2. The Balaban J connectivity index is 0.000000801. The summed E-state index contributed by atoms with van der Waals surface area (Å²) in [5.74, 6) is 1.24. The third-order valence-electron chi connectivity index (χ3n) is 6.09. The number of hydrogen-bond donors (Lipinski definition) is 1. The monoisotopic (exact) mass is 482 g/mol. The molecule has 2 rings (SSSR count). The zero-order chi connectivity index (χ0) is 24.4. The summed E-state index contributed by atoms with van der Waals surface area (Å²) >= 11 is 0. The zero-order valence-electron chi connectivity index (χ0n) is 21.1. The Labute approximate surface area is 202 Å². The van der Waals surface area contributed by atoms with E-state index in [9.17, 15) is 8.42 Å². The van der Waals surface area contributed by atoms with Crippen LogP contribution in [-0.4, -0.2) is 29.6 Å². The summed E-state index contributed by atoms with van der Waals surface area (Å²) in [6, 6.07) is 8.46. The van der Waals surface area contributed by atoms with Crippen LogP contribution in [0.5, 0.6) is 0 Å². The van der Waals surface area contributed by atoms with Gasteiger partial charge in [0.05, 0.1) is 18.1 Å². The van der Waals surface area contributed by atoms with Crippen LogP contribution in [-0.2, 0) is 28.1 Å². The van der Waals surface area contributed by atoms with Crippen molar-refractivity contribution in [2.75, 3.05) is 7.11 Å². The van der Waals surface area contributed by atoms with Crippen molar-refractivity contribution in [1.82, 2.24) is 9.55 Å². The van der Waals surface area contributed by atoms with E-state index >= 15 is 0 Å². The molecule has 1 heterocycles. The lowest BCUT2D eigenvalue weighted by Crippen LogP contribution is -1.97. The molecule has 0 spiro atoms. The van der Waals surface area contributed by atoms with Crippen LogP contribution in [0.25, 0.3) is 11.0 Å². The Hall–Kier alpha value is -1.44. The molecule has 0 radical (unpaired) electrons. The number of aromatic nitrogens is 2. The van der Waals surface area contributed by atoms with Crippen LogP contribution in [0.2, 0.25) is 0 Å². The Morgan fingerprint density at radius 1 is 0.818 bits per heavy atom. The summed E-state index contributed by atoms with van der Waals surface area (Å²) < 4.78 is 32.0. The lowest BCUT2D eigenvalue weighted by molar-refractivity contribution is 0.324. The molecule has 0 aliphatic rings. The maximum absolute atomic E-state index is 9.33. The van der Waals surface area contributed by atoms with Crippen molar-refractivity contribution in [3.05, 3.63) is 30.1 Å². The number of hydrogen-bond acceptors (Lipinski definition) is 4. The quantitative estimate of drug-likeness (QED) is 0.187. The molecule has 190 valence electrons. The lowest BCUT2D eigenvalue weighted by atomic mass is 10.0. The average molecular weight is 483 g/mol. The predicted octanol–water partition coefficient (Wildman–Crippen LogP) is 7.42. The Kier molecular flexibility index (Phi) is 16.1. The van der Waals surface area contributed by atoms with E-state index in [0.29, 0.717) is 0 Å². The summed E-state index contributed by atoms with van der Waals surface area (Å²) in [4.78, 5) is 4.78. The molecule has 0 saturated heterocycles. The van der Waals surface area contributed by atoms with Crippen LogP contribution in [0.1, 0.15) is 109 Å². The van der Waals surface area contributed by atoms with Crippen LogP contribution in [0, 0.1) is 0 Å². The molecule has 1 aromatic carbocycles. The highest BCUT2D eigenvalue weighted by atomic mass is 32.3. The Morgan fingerprint density at radius 3 is 1.67 bits per heavy atom. The first-order valence-corrected chi connectivity index (χ1v) is 14.2. The van der Waals surface area contributed by atoms with Crippen molar-refractivity contribution in [3.63, 3.8) is 0 Å². The van der Waals surface area contributed by atoms with Crippen LogP contribution >= 0.6 is 0 Å². The molecule has 0 amide bonds. The minimum atomic E-state index is -4.16. The van der Waals surface area contributed by atoms with E-state index in [1.807, 2.05) is 0 Å². The number of rotatable bonds is 17. The number of nitrogens with zero attached hydrogens (tertiary/aromatic N) is 2. The molecule has 0 atom stereocenters. The second-order valence-corrected chi connectivity index (χ2v) is 10.1. The van der Waals surface area contributed by atoms with Crippen LogP contribution < -0.4 is 0 Å². The minimum Gasteiger partial charge on any atom is -0.331 e. The van der Waals surface area contributed by atoms with E-state index in [0.717, 1.165) is 19.0 Å². The highest BCUT2D eigenvalue weighted by molar-refractivity contribution is 7.80. The van der Waals surface area contributed by atoms with E-state index in [4.69, 9.17) is 9.54 Å². The standard InChI is InChI=1S/C25H42N2.CH4O4S/c1-3-4-5-6-7-8-9-10-11-12-13-14-15-16-17-22-25-26-23-20-18-19-21-24(23)27(25)2;1-5-6(2,3)4/h18-21H,3-17,22H2,1-2H3;1H3,(H,2,3,4). The molecule has 2 aromatic rings. The number of fused-ring (bicyclic) bond motifs is 1. The maximum atomic E-state index is 9.33. The molecule has 33 heavy (non-hydrogen) atoms. The average Bonchev–Trinajstić information content (AvgIpc) is 3.12. The van der Waals surface area contributed by atoms with Gasteiger partial charge >= 0.3 is 10.4 Å². The van der Waals surface area contributed by atoms with Crippen LogP contribution in [0.3, 0.4) is 0 Å².